The van der Waals surface area contributed by atoms with Crippen LogP contribution in [0, 0.1) is 10.1 Å². The Labute approximate surface area is 142 Å². The summed E-state index contributed by atoms with van der Waals surface area (Å²) in [6.07, 6.45) is 1.38. The summed E-state index contributed by atoms with van der Waals surface area (Å²) in [6.45, 7) is 0. The van der Waals surface area contributed by atoms with E-state index in [1.807, 2.05) is 0 Å². The fourth-order valence-corrected chi connectivity index (χ4v) is 2.04. The van der Waals surface area contributed by atoms with Gasteiger partial charge in [-0.15, -0.1) is 0 Å². The number of nitrogens with zero attached hydrogens (tertiary/aromatic N) is 2. The number of ether oxygens (including phenoxy) is 2. The van der Waals surface area contributed by atoms with Crippen LogP contribution in [0.15, 0.2) is 41.5 Å². The van der Waals surface area contributed by atoms with Gasteiger partial charge in [-0.3, -0.25) is 15.5 Å². The average Bonchev–Trinajstić information content (AvgIpc) is 2.61. The van der Waals surface area contributed by atoms with Gasteiger partial charge >= 0.3 is 11.7 Å². The number of carboxylic acids is 1. The molecule has 25 heavy (non-hydrogen) atoms. The average molecular weight is 345 g/mol. The number of anilines is 1. The van der Waals surface area contributed by atoms with E-state index in [2.05, 4.69) is 10.5 Å². The SMILES string of the molecule is COc1cc(C=NNc2ccc(C(=O)O)cc2)cc([N+](=O)[O-])c1OC. The molecule has 9 heteroatoms. The minimum atomic E-state index is -1.02. The summed E-state index contributed by atoms with van der Waals surface area (Å²) >= 11 is 0. The van der Waals surface area contributed by atoms with Crippen molar-refractivity contribution in [1.82, 2.24) is 0 Å². The molecule has 0 spiro atoms. The van der Waals surface area contributed by atoms with Crippen LogP contribution in [0.5, 0.6) is 11.5 Å². The molecule has 130 valence electrons. The lowest BCUT2D eigenvalue weighted by atomic mass is 10.2. The maximum absolute atomic E-state index is 11.1. The summed E-state index contributed by atoms with van der Waals surface area (Å²) < 4.78 is 10.1. The smallest absolute Gasteiger partial charge is 0.335 e. The van der Waals surface area contributed by atoms with Gasteiger partial charge in [-0.05, 0) is 30.3 Å². The van der Waals surface area contributed by atoms with Crippen LogP contribution in [-0.2, 0) is 0 Å². The lowest BCUT2D eigenvalue weighted by Gasteiger charge is -2.08. The Morgan fingerprint density at radius 3 is 2.44 bits per heavy atom. The number of methoxy groups -OCH3 is 2. The van der Waals surface area contributed by atoms with Gasteiger partial charge in [-0.25, -0.2) is 4.79 Å². The second-order valence-electron chi connectivity index (χ2n) is 4.79. The highest BCUT2D eigenvalue weighted by molar-refractivity contribution is 5.88. The Balaban J connectivity index is 2.21. The number of aromatic carboxylic acids is 1. The van der Waals surface area contributed by atoms with Crippen molar-refractivity contribution in [2.75, 3.05) is 19.6 Å². The zero-order valence-electron chi connectivity index (χ0n) is 13.4. The zero-order chi connectivity index (χ0) is 18.4. The molecule has 0 heterocycles. The van der Waals surface area contributed by atoms with Gasteiger partial charge in [0.15, 0.2) is 5.75 Å². The summed E-state index contributed by atoms with van der Waals surface area (Å²) in [5, 5.41) is 24.0. The molecule has 2 N–H and O–H groups in total. The van der Waals surface area contributed by atoms with E-state index in [9.17, 15) is 14.9 Å². The highest BCUT2D eigenvalue weighted by atomic mass is 16.6. The summed E-state index contributed by atoms with van der Waals surface area (Å²) in [4.78, 5) is 21.4. The predicted molar refractivity (Wildman–Crippen MR) is 90.8 cm³/mol. The first-order valence-electron chi connectivity index (χ1n) is 6.99. The topological polar surface area (TPSA) is 123 Å². The van der Waals surface area contributed by atoms with Crippen LogP contribution in [0.4, 0.5) is 11.4 Å². The second kappa shape index (κ2) is 7.77. The third kappa shape index (κ3) is 4.22. The molecule has 0 radical (unpaired) electrons. The van der Waals surface area contributed by atoms with Gasteiger partial charge in [0.2, 0.25) is 5.75 Å². The van der Waals surface area contributed by atoms with E-state index >= 15 is 0 Å². The first-order chi connectivity index (χ1) is 12.0. The van der Waals surface area contributed by atoms with Gasteiger partial charge in [0.1, 0.15) is 0 Å². The minimum absolute atomic E-state index is 0.0295. The van der Waals surface area contributed by atoms with Crippen molar-refractivity contribution in [3.05, 3.63) is 57.6 Å². The summed E-state index contributed by atoms with van der Waals surface area (Å²) in [5.74, 6) is -0.779. The Hall–Kier alpha value is -3.62. The molecule has 0 aliphatic rings. The number of rotatable bonds is 7. The summed E-state index contributed by atoms with van der Waals surface area (Å²) in [6, 6.07) is 8.82. The molecule has 0 fully saturated rings. The van der Waals surface area contributed by atoms with E-state index in [0.717, 1.165) is 0 Å². The van der Waals surface area contributed by atoms with Crippen LogP contribution in [0.25, 0.3) is 0 Å². The molecule has 0 aliphatic carbocycles. The molecule has 2 rings (SSSR count). The summed E-state index contributed by atoms with van der Waals surface area (Å²) in [7, 11) is 2.70. The number of hydrazone groups is 1. The first kappa shape index (κ1) is 17.7. The molecular weight excluding hydrogens is 330 g/mol. The van der Waals surface area contributed by atoms with Crippen LogP contribution >= 0.6 is 0 Å². The van der Waals surface area contributed by atoms with E-state index in [-0.39, 0.29) is 22.7 Å². The van der Waals surface area contributed by atoms with E-state index < -0.39 is 10.9 Å². The van der Waals surface area contributed by atoms with E-state index in [4.69, 9.17) is 14.6 Å². The maximum Gasteiger partial charge on any atom is 0.335 e. The third-order valence-electron chi connectivity index (χ3n) is 3.22. The van der Waals surface area contributed by atoms with Crippen LogP contribution in [0.3, 0.4) is 0 Å². The standard InChI is InChI=1S/C16H15N3O6/c1-24-14-8-10(7-13(19(22)23)15(14)25-2)9-17-18-12-5-3-11(4-6-12)16(20)21/h3-9,18H,1-2H3,(H,20,21). The normalized spacial score (nSPS) is 10.5. The quantitative estimate of drug-likeness (QED) is 0.449. The van der Waals surface area contributed by atoms with E-state index in [1.54, 1.807) is 18.2 Å². The third-order valence-corrected chi connectivity index (χ3v) is 3.22. The van der Waals surface area contributed by atoms with Crippen molar-refractivity contribution in [3.8, 4) is 11.5 Å². The van der Waals surface area contributed by atoms with Crippen LogP contribution in [-0.4, -0.2) is 36.4 Å². The fraction of sp³-hybridized carbons (Fsp3) is 0.125. The van der Waals surface area contributed by atoms with Crippen LogP contribution < -0.4 is 14.9 Å². The van der Waals surface area contributed by atoms with Gasteiger partial charge < -0.3 is 14.6 Å². The Kier molecular flexibility index (Phi) is 5.51. The first-order valence-corrected chi connectivity index (χ1v) is 6.99. The van der Waals surface area contributed by atoms with Crippen molar-refractivity contribution in [3.63, 3.8) is 0 Å². The molecule has 0 unspecified atom stereocenters. The van der Waals surface area contributed by atoms with Crippen molar-refractivity contribution in [1.29, 1.82) is 0 Å². The van der Waals surface area contributed by atoms with Gasteiger partial charge in [0.05, 0.1) is 36.6 Å². The number of hydrogen-bond acceptors (Lipinski definition) is 7. The summed E-state index contributed by atoms with van der Waals surface area (Å²) in [5.41, 5.74) is 3.62. The molecule has 0 amide bonds. The minimum Gasteiger partial charge on any atom is -0.493 e. The van der Waals surface area contributed by atoms with Gasteiger partial charge in [-0.2, -0.15) is 5.10 Å². The number of nitro groups is 1. The van der Waals surface area contributed by atoms with Crippen LogP contribution in [0.2, 0.25) is 0 Å². The molecule has 0 saturated heterocycles. The van der Waals surface area contributed by atoms with Crippen molar-refractivity contribution >= 4 is 23.6 Å². The zero-order valence-corrected chi connectivity index (χ0v) is 13.4. The van der Waals surface area contributed by atoms with Crippen molar-refractivity contribution < 1.29 is 24.3 Å². The lowest BCUT2D eigenvalue weighted by Crippen LogP contribution is -1.99. The Morgan fingerprint density at radius 1 is 1.24 bits per heavy atom. The Bertz CT molecular complexity index is 817. The highest BCUT2D eigenvalue weighted by Crippen LogP contribution is 2.37. The van der Waals surface area contributed by atoms with E-state index in [1.165, 1.54) is 38.6 Å². The molecule has 0 aliphatic heterocycles. The Morgan fingerprint density at radius 2 is 1.92 bits per heavy atom. The molecule has 9 nitrogen and oxygen atoms in total. The van der Waals surface area contributed by atoms with Gasteiger partial charge in [-0.1, -0.05) is 0 Å². The molecular formula is C16H15N3O6. The molecule has 2 aromatic rings. The lowest BCUT2D eigenvalue weighted by molar-refractivity contribution is -0.385. The van der Waals surface area contributed by atoms with E-state index in [0.29, 0.717) is 11.3 Å². The monoisotopic (exact) mass is 345 g/mol. The molecule has 0 bridgehead atoms. The second-order valence-corrected chi connectivity index (χ2v) is 4.79. The van der Waals surface area contributed by atoms with Crippen LogP contribution in [0.1, 0.15) is 15.9 Å². The molecule has 0 aromatic heterocycles. The number of nitrogens with one attached hydrogen (secondary N) is 1. The predicted octanol–water partition coefficient (Wildman–Crippen LogP) is 2.76. The number of benzene rings is 2. The van der Waals surface area contributed by atoms with Gasteiger partial charge in [0, 0.05) is 11.6 Å². The maximum atomic E-state index is 11.1. The fourth-order valence-electron chi connectivity index (χ4n) is 2.04. The number of carbonyl (C=O) groups is 1. The molecule has 0 atom stereocenters. The van der Waals surface area contributed by atoms with Crippen molar-refractivity contribution in [2.24, 2.45) is 5.10 Å². The molecule has 2 aromatic carbocycles. The number of hydrogen-bond donors (Lipinski definition) is 2. The molecule has 0 saturated carbocycles. The largest absolute Gasteiger partial charge is 0.493 e. The number of nitro benzene ring substituents is 1. The van der Waals surface area contributed by atoms with Crippen molar-refractivity contribution in [2.45, 2.75) is 0 Å². The van der Waals surface area contributed by atoms with Gasteiger partial charge in [0.25, 0.3) is 0 Å². The highest BCUT2D eigenvalue weighted by Gasteiger charge is 2.21. The number of carboxylic acid groups (broad SMARTS) is 1.